The Hall–Kier alpha value is -1.36. The van der Waals surface area contributed by atoms with Crippen LogP contribution in [0.5, 0.6) is 0 Å². The van der Waals surface area contributed by atoms with Gasteiger partial charge in [0, 0.05) is 25.4 Å². The molecule has 1 aromatic heterocycles. The highest BCUT2D eigenvalue weighted by atomic mass is 16.4. The Bertz CT molecular complexity index is 414. The largest absolute Gasteiger partial charge is 0.480 e. The van der Waals surface area contributed by atoms with Gasteiger partial charge in [0.25, 0.3) is 0 Å². The fourth-order valence-corrected chi connectivity index (χ4v) is 2.48. The highest BCUT2D eigenvalue weighted by molar-refractivity contribution is 5.73. The molecule has 1 saturated heterocycles. The van der Waals surface area contributed by atoms with Crippen LogP contribution in [0, 0.1) is 6.92 Å². The molecule has 1 atom stereocenters. The molecule has 1 aliphatic rings. The number of nitrogens with zero attached hydrogens (tertiary/aromatic N) is 3. The Morgan fingerprint density at radius 3 is 2.94 bits per heavy atom. The van der Waals surface area contributed by atoms with Crippen LogP contribution in [0.2, 0.25) is 0 Å². The first-order valence-corrected chi connectivity index (χ1v) is 6.04. The third-order valence-electron chi connectivity index (χ3n) is 3.39. The molecule has 0 spiro atoms. The van der Waals surface area contributed by atoms with Gasteiger partial charge in [-0.15, -0.1) is 0 Å². The number of hydrogen-bond donors (Lipinski definition) is 1. The average Bonchev–Trinajstić information content (AvgIpc) is 2.58. The van der Waals surface area contributed by atoms with Crippen molar-refractivity contribution in [2.45, 2.75) is 38.8 Å². The lowest BCUT2D eigenvalue weighted by Gasteiger charge is -2.32. The topological polar surface area (TPSA) is 58.4 Å². The Balaban J connectivity index is 2.10. The molecule has 2 heterocycles. The summed E-state index contributed by atoms with van der Waals surface area (Å²) in [6.07, 6.45) is 4.83. The average molecular weight is 237 g/mol. The Morgan fingerprint density at radius 2 is 2.35 bits per heavy atom. The molecule has 5 nitrogen and oxygen atoms in total. The van der Waals surface area contributed by atoms with Gasteiger partial charge in [-0.2, -0.15) is 5.10 Å². The van der Waals surface area contributed by atoms with Crippen LogP contribution in [-0.2, 0) is 18.4 Å². The van der Waals surface area contributed by atoms with Gasteiger partial charge in [0.15, 0.2) is 0 Å². The van der Waals surface area contributed by atoms with Crippen LogP contribution >= 0.6 is 0 Å². The van der Waals surface area contributed by atoms with E-state index in [0.717, 1.165) is 37.1 Å². The van der Waals surface area contributed by atoms with Crippen LogP contribution in [0.4, 0.5) is 0 Å². The zero-order valence-electron chi connectivity index (χ0n) is 10.4. The maximum atomic E-state index is 11.2. The number of aliphatic carboxylic acids is 1. The lowest BCUT2D eigenvalue weighted by molar-refractivity contribution is -0.144. The van der Waals surface area contributed by atoms with Crippen LogP contribution in [0.25, 0.3) is 0 Å². The first-order valence-electron chi connectivity index (χ1n) is 6.04. The molecular weight excluding hydrogens is 218 g/mol. The minimum absolute atomic E-state index is 0.330. The number of piperidine rings is 1. The number of carbonyl (C=O) groups is 1. The van der Waals surface area contributed by atoms with Crippen LogP contribution < -0.4 is 0 Å². The van der Waals surface area contributed by atoms with Gasteiger partial charge in [-0.1, -0.05) is 6.42 Å². The van der Waals surface area contributed by atoms with Crippen molar-refractivity contribution in [1.82, 2.24) is 14.7 Å². The minimum atomic E-state index is -0.703. The maximum Gasteiger partial charge on any atom is 0.320 e. The monoisotopic (exact) mass is 237 g/mol. The van der Waals surface area contributed by atoms with Crippen LogP contribution in [-0.4, -0.2) is 38.3 Å². The molecule has 0 amide bonds. The molecule has 0 aromatic carbocycles. The summed E-state index contributed by atoms with van der Waals surface area (Å²) < 4.78 is 1.78. The molecule has 2 rings (SSSR count). The summed E-state index contributed by atoms with van der Waals surface area (Å²) in [4.78, 5) is 13.2. The SMILES string of the molecule is Cc1nn(C)cc1CN1CCCCC1C(=O)O. The van der Waals surface area contributed by atoms with Gasteiger partial charge in [0.05, 0.1) is 5.69 Å². The number of carboxylic acids is 1. The van der Waals surface area contributed by atoms with Crippen molar-refractivity contribution < 1.29 is 9.90 Å². The molecular formula is C12H19N3O2. The predicted octanol–water partition coefficient (Wildman–Crippen LogP) is 1.17. The van der Waals surface area contributed by atoms with Gasteiger partial charge in [0.2, 0.25) is 0 Å². The Labute approximate surface area is 101 Å². The summed E-state index contributed by atoms with van der Waals surface area (Å²) in [5.74, 6) is -0.703. The zero-order chi connectivity index (χ0) is 12.4. The first-order chi connectivity index (χ1) is 8.08. The summed E-state index contributed by atoms with van der Waals surface area (Å²) in [7, 11) is 1.89. The number of aromatic nitrogens is 2. The van der Waals surface area contributed by atoms with Gasteiger partial charge in [-0.3, -0.25) is 14.4 Å². The second-order valence-corrected chi connectivity index (χ2v) is 4.73. The third kappa shape index (κ3) is 2.66. The van der Waals surface area contributed by atoms with E-state index < -0.39 is 5.97 Å². The number of likely N-dealkylation sites (tertiary alicyclic amines) is 1. The molecule has 0 bridgehead atoms. The normalized spacial score (nSPS) is 21.6. The second kappa shape index (κ2) is 4.87. The fourth-order valence-electron chi connectivity index (χ4n) is 2.48. The minimum Gasteiger partial charge on any atom is -0.480 e. The van der Waals surface area contributed by atoms with E-state index in [2.05, 4.69) is 10.00 Å². The highest BCUT2D eigenvalue weighted by Gasteiger charge is 2.28. The maximum absolute atomic E-state index is 11.2. The number of hydrogen-bond acceptors (Lipinski definition) is 3. The second-order valence-electron chi connectivity index (χ2n) is 4.73. The van der Waals surface area contributed by atoms with E-state index in [9.17, 15) is 9.90 Å². The van der Waals surface area contributed by atoms with Crippen molar-refractivity contribution in [2.24, 2.45) is 7.05 Å². The number of rotatable bonds is 3. The molecule has 0 saturated carbocycles. The number of aryl methyl sites for hydroxylation is 2. The summed E-state index contributed by atoms with van der Waals surface area (Å²) in [6, 6.07) is -0.330. The smallest absolute Gasteiger partial charge is 0.320 e. The van der Waals surface area contributed by atoms with Crippen molar-refractivity contribution in [3.05, 3.63) is 17.5 Å². The lowest BCUT2D eigenvalue weighted by atomic mass is 10.0. The molecule has 1 fully saturated rings. The first kappa shape index (κ1) is 12.1. The van der Waals surface area contributed by atoms with Crippen molar-refractivity contribution in [3.63, 3.8) is 0 Å². The van der Waals surface area contributed by atoms with Crippen molar-refractivity contribution in [3.8, 4) is 0 Å². The van der Waals surface area contributed by atoms with E-state index in [0.29, 0.717) is 6.54 Å². The predicted molar refractivity (Wildman–Crippen MR) is 63.6 cm³/mol. The Kier molecular flexibility index (Phi) is 3.47. The summed E-state index contributed by atoms with van der Waals surface area (Å²) in [5, 5.41) is 13.5. The van der Waals surface area contributed by atoms with Crippen molar-refractivity contribution in [2.75, 3.05) is 6.54 Å². The summed E-state index contributed by atoms with van der Waals surface area (Å²) in [6.45, 7) is 3.52. The van der Waals surface area contributed by atoms with Gasteiger partial charge < -0.3 is 5.11 Å². The van der Waals surface area contributed by atoms with Gasteiger partial charge in [-0.25, -0.2) is 0 Å². The molecule has 94 valence electrons. The molecule has 0 radical (unpaired) electrons. The molecule has 1 unspecified atom stereocenters. The molecule has 1 aromatic rings. The third-order valence-corrected chi connectivity index (χ3v) is 3.39. The summed E-state index contributed by atoms with van der Waals surface area (Å²) in [5.41, 5.74) is 2.11. The zero-order valence-corrected chi connectivity index (χ0v) is 10.4. The van der Waals surface area contributed by atoms with E-state index in [-0.39, 0.29) is 6.04 Å². The van der Waals surface area contributed by atoms with Crippen LogP contribution in [0.1, 0.15) is 30.5 Å². The number of carboxylic acid groups (broad SMARTS) is 1. The van der Waals surface area contributed by atoms with Crippen LogP contribution in [0.15, 0.2) is 6.20 Å². The fraction of sp³-hybridized carbons (Fsp3) is 0.667. The molecule has 0 aliphatic carbocycles. The standard InChI is InChI=1S/C12H19N3O2/c1-9-10(7-14(2)13-9)8-15-6-4-3-5-11(15)12(16)17/h7,11H,3-6,8H2,1-2H3,(H,16,17). The van der Waals surface area contributed by atoms with E-state index >= 15 is 0 Å². The van der Waals surface area contributed by atoms with E-state index in [1.807, 2.05) is 20.2 Å². The lowest BCUT2D eigenvalue weighted by Crippen LogP contribution is -2.44. The van der Waals surface area contributed by atoms with Gasteiger partial charge in [0.1, 0.15) is 6.04 Å². The van der Waals surface area contributed by atoms with E-state index in [1.165, 1.54) is 0 Å². The highest BCUT2D eigenvalue weighted by Crippen LogP contribution is 2.20. The van der Waals surface area contributed by atoms with E-state index in [1.54, 1.807) is 4.68 Å². The molecule has 5 heteroatoms. The van der Waals surface area contributed by atoms with Gasteiger partial charge in [-0.05, 0) is 26.3 Å². The van der Waals surface area contributed by atoms with E-state index in [4.69, 9.17) is 0 Å². The Morgan fingerprint density at radius 1 is 1.59 bits per heavy atom. The van der Waals surface area contributed by atoms with Gasteiger partial charge >= 0.3 is 5.97 Å². The van der Waals surface area contributed by atoms with Crippen molar-refractivity contribution >= 4 is 5.97 Å². The summed E-state index contributed by atoms with van der Waals surface area (Å²) >= 11 is 0. The van der Waals surface area contributed by atoms with Crippen molar-refractivity contribution in [1.29, 1.82) is 0 Å². The molecule has 1 N–H and O–H groups in total. The molecule has 17 heavy (non-hydrogen) atoms. The quantitative estimate of drug-likeness (QED) is 0.857. The molecule has 1 aliphatic heterocycles. The van der Waals surface area contributed by atoms with Crippen LogP contribution in [0.3, 0.4) is 0 Å².